The summed E-state index contributed by atoms with van der Waals surface area (Å²) in [4.78, 5) is 11.1. The van der Waals surface area contributed by atoms with E-state index in [1.165, 1.54) is 5.56 Å². The molecule has 0 saturated heterocycles. The zero-order valence-corrected chi connectivity index (χ0v) is 16.0. The Hall–Kier alpha value is -3.07. The fourth-order valence-electron chi connectivity index (χ4n) is 3.18. The summed E-state index contributed by atoms with van der Waals surface area (Å²) >= 11 is 0. The molecule has 1 aliphatic rings. The van der Waals surface area contributed by atoms with Gasteiger partial charge in [0, 0.05) is 5.56 Å². The minimum absolute atomic E-state index is 0.120. The van der Waals surface area contributed by atoms with Crippen LogP contribution in [0.25, 0.3) is 0 Å². The Morgan fingerprint density at radius 2 is 1.37 bits per heavy atom. The van der Waals surface area contributed by atoms with E-state index in [4.69, 9.17) is 9.83 Å². The van der Waals surface area contributed by atoms with E-state index in [9.17, 15) is 0 Å². The highest BCUT2D eigenvalue weighted by molar-refractivity contribution is 5.96. The maximum absolute atomic E-state index is 6.21. The van der Waals surface area contributed by atoms with Gasteiger partial charge in [0.2, 0.25) is 0 Å². The van der Waals surface area contributed by atoms with Crippen LogP contribution in [0, 0.1) is 0 Å². The van der Waals surface area contributed by atoms with Gasteiger partial charge >= 0.3 is 0 Å². The molecule has 1 aliphatic heterocycles. The average Bonchev–Trinajstić information content (AvgIpc) is 3.14. The van der Waals surface area contributed by atoms with Crippen molar-refractivity contribution in [2.45, 2.75) is 32.4 Å². The van der Waals surface area contributed by atoms with E-state index in [1.54, 1.807) is 0 Å². The van der Waals surface area contributed by atoms with Gasteiger partial charge in [-0.1, -0.05) is 81.4 Å². The second-order valence-corrected chi connectivity index (χ2v) is 7.80. The van der Waals surface area contributed by atoms with Gasteiger partial charge in [-0.15, -0.1) is 0 Å². The molecule has 3 nitrogen and oxygen atoms in total. The molecule has 1 heterocycles. The van der Waals surface area contributed by atoms with Gasteiger partial charge in [0.05, 0.1) is 5.69 Å². The summed E-state index contributed by atoms with van der Waals surface area (Å²) < 4.78 is 0. The molecule has 27 heavy (non-hydrogen) atoms. The lowest BCUT2D eigenvalue weighted by molar-refractivity contribution is 0.269. The van der Waals surface area contributed by atoms with Gasteiger partial charge in [-0.2, -0.15) is 5.06 Å². The summed E-state index contributed by atoms with van der Waals surface area (Å²) in [6.07, 6.45) is -0.207. The van der Waals surface area contributed by atoms with E-state index < -0.39 is 0 Å². The lowest BCUT2D eigenvalue weighted by atomic mass is 9.87. The molecular formula is C24H24N2O. The van der Waals surface area contributed by atoms with Gasteiger partial charge in [-0.3, -0.25) is 0 Å². The standard InChI is InChI=1S/C24H24N2O/c1-24(2,3)20-14-16-21(17-15-20)26-22(18-10-6-4-7-11-18)25-23(27-26)19-12-8-5-9-13-19/h4-17,22H,1-3H3. The molecular weight excluding hydrogens is 332 g/mol. The second kappa shape index (κ2) is 6.92. The molecule has 0 spiro atoms. The Bertz CT molecular complexity index is 926. The topological polar surface area (TPSA) is 24.8 Å². The fraction of sp³-hybridized carbons (Fsp3) is 0.208. The van der Waals surface area contributed by atoms with E-state index >= 15 is 0 Å². The Kier molecular flexibility index (Phi) is 4.44. The first-order valence-electron chi connectivity index (χ1n) is 9.28. The number of aliphatic imine (C=N–C) groups is 1. The first-order valence-corrected chi connectivity index (χ1v) is 9.28. The molecule has 3 aromatic rings. The van der Waals surface area contributed by atoms with Crippen LogP contribution in [0.3, 0.4) is 0 Å². The van der Waals surface area contributed by atoms with Crippen LogP contribution in [0.5, 0.6) is 0 Å². The number of hydrogen-bond acceptors (Lipinski definition) is 3. The summed E-state index contributed by atoms with van der Waals surface area (Å²) in [6, 6.07) is 28.9. The van der Waals surface area contributed by atoms with E-state index in [-0.39, 0.29) is 11.6 Å². The molecule has 0 fully saturated rings. The van der Waals surface area contributed by atoms with Crippen molar-refractivity contribution in [3.8, 4) is 0 Å². The van der Waals surface area contributed by atoms with Gasteiger partial charge in [-0.25, -0.2) is 4.99 Å². The Morgan fingerprint density at radius 1 is 0.778 bits per heavy atom. The maximum atomic E-state index is 6.21. The minimum atomic E-state index is -0.207. The Labute approximate surface area is 160 Å². The summed E-state index contributed by atoms with van der Waals surface area (Å²) in [5.41, 5.74) is 4.49. The van der Waals surface area contributed by atoms with Crippen LogP contribution in [0.4, 0.5) is 5.69 Å². The molecule has 4 rings (SSSR count). The Balaban J connectivity index is 1.71. The van der Waals surface area contributed by atoms with Crippen molar-refractivity contribution in [3.05, 3.63) is 102 Å². The third-order valence-corrected chi connectivity index (χ3v) is 4.75. The largest absolute Gasteiger partial charge is 0.356 e. The first kappa shape index (κ1) is 17.3. The molecule has 3 aromatic carbocycles. The molecule has 0 radical (unpaired) electrons. The predicted molar refractivity (Wildman–Crippen MR) is 111 cm³/mol. The number of hydroxylamine groups is 1. The van der Waals surface area contributed by atoms with Crippen molar-refractivity contribution < 1.29 is 4.84 Å². The fourth-order valence-corrected chi connectivity index (χ4v) is 3.18. The smallest absolute Gasteiger partial charge is 0.251 e. The van der Waals surface area contributed by atoms with Crippen LogP contribution in [0.2, 0.25) is 0 Å². The molecule has 0 saturated carbocycles. The molecule has 0 N–H and O–H groups in total. The molecule has 136 valence electrons. The van der Waals surface area contributed by atoms with Crippen molar-refractivity contribution in [3.63, 3.8) is 0 Å². The van der Waals surface area contributed by atoms with Gasteiger partial charge in [-0.05, 0) is 40.8 Å². The van der Waals surface area contributed by atoms with Gasteiger partial charge in [0.25, 0.3) is 5.90 Å². The summed E-state index contributed by atoms with van der Waals surface area (Å²) in [5, 5.41) is 1.89. The number of anilines is 1. The lowest BCUT2D eigenvalue weighted by Crippen LogP contribution is -2.24. The number of rotatable bonds is 3. The van der Waals surface area contributed by atoms with Gasteiger partial charge in [0.15, 0.2) is 6.17 Å². The number of hydrogen-bond donors (Lipinski definition) is 0. The molecule has 0 aromatic heterocycles. The van der Waals surface area contributed by atoms with E-state index in [1.807, 2.05) is 53.6 Å². The van der Waals surface area contributed by atoms with Crippen molar-refractivity contribution in [1.82, 2.24) is 0 Å². The molecule has 1 unspecified atom stereocenters. The van der Waals surface area contributed by atoms with Gasteiger partial charge in [0.1, 0.15) is 0 Å². The zero-order valence-electron chi connectivity index (χ0n) is 16.0. The van der Waals surface area contributed by atoms with Crippen molar-refractivity contribution in [2.24, 2.45) is 4.99 Å². The third kappa shape index (κ3) is 3.59. The average molecular weight is 356 g/mol. The quantitative estimate of drug-likeness (QED) is 0.585. The van der Waals surface area contributed by atoms with E-state index in [0.717, 1.165) is 16.8 Å². The van der Waals surface area contributed by atoms with Crippen LogP contribution in [-0.4, -0.2) is 5.90 Å². The van der Waals surface area contributed by atoms with Gasteiger partial charge < -0.3 is 4.84 Å². The van der Waals surface area contributed by atoms with E-state index in [2.05, 4.69) is 57.2 Å². The summed E-state index contributed by atoms with van der Waals surface area (Å²) in [7, 11) is 0. The molecule has 3 heteroatoms. The van der Waals surface area contributed by atoms with Crippen molar-refractivity contribution >= 4 is 11.6 Å². The van der Waals surface area contributed by atoms with Crippen LogP contribution in [0.1, 0.15) is 43.6 Å². The third-order valence-electron chi connectivity index (χ3n) is 4.75. The summed E-state index contributed by atoms with van der Waals surface area (Å²) in [5.74, 6) is 0.643. The first-order chi connectivity index (χ1) is 13.0. The van der Waals surface area contributed by atoms with Crippen LogP contribution in [-0.2, 0) is 10.3 Å². The highest BCUT2D eigenvalue weighted by Crippen LogP contribution is 2.35. The molecule has 0 bridgehead atoms. The van der Waals surface area contributed by atoms with Crippen LogP contribution in [0.15, 0.2) is 89.9 Å². The number of benzene rings is 3. The maximum Gasteiger partial charge on any atom is 0.251 e. The normalized spacial score (nSPS) is 16.8. The van der Waals surface area contributed by atoms with Crippen molar-refractivity contribution in [2.75, 3.05) is 5.06 Å². The monoisotopic (exact) mass is 356 g/mol. The SMILES string of the molecule is CC(C)(C)c1ccc(N2OC(c3ccccc3)=NC2c2ccccc2)cc1. The number of nitrogens with zero attached hydrogens (tertiary/aromatic N) is 2. The highest BCUT2D eigenvalue weighted by atomic mass is 16.7. The molecule has 0 amide bonds. The van der Waals surface area contributed by atoms with Crippen LogP contribution >= 0.6 is 0 Å². The predicted octanol–water partition coefficient (Wildman–Crippen LogP) is 5.88. The Morgan fingerprint density at radius 3 is 1.96 bits per heavy atom. The second-order valence-electron chi connectivity index (χ2n) is 7.80. The highest BCUT2D eigenvalue weighted by Gasteiger charge is 2.31. The summed E-state index contributed by atoms with van der Waals surface area (Å²) in [6.45, 7) is 6.66. The van der Waals surface area contributed by atoms with Crippen molar-refractivity contribution in [1.29, 1.82) is 0 Å². The minimum Gasteiger partial charge on any atom is -0.356 e. The zero-order chi connectivity index (χ0) is 18.9. The lowest BCUT2D eigenvalue weighted by Gasteiger charge is -2.25. The van der Waals surface area contributed by atoms with Crippen LogP contribution < -0.4 is 5.06 Å². The van der Waals surface area contributed by atoms with E-state index in [0.29, 0.717) is 5.90 Å². The molecule has 1 atom stereocenters. The molecule has 0 aliphatic carbocycles.